The molecule has 0 saturated heterocycles. The van der Waals surface area contributed by atoms with Crippen molar-refractivity contribution in [3.05, 3.63) is 32.7 Å². The Morgan fingerprint density at radius 1 is 1.43 bits per heavy atom. The largest absolute Gasteiger partial charge is 0.417 e. The lowest BCUT2D eigenvalue weighted by molar-refractivity contribution is 0.554. The van der Waals surface area contributed by atoms with Crippen molar-refractivity contribution in [2.75, 3.05) is 0 Å². The Morgan fingerprint density at radius 2 is 2.29 bits per heavy atom. The van der Waals surface area contributed by atoms with Gasteiger partial charge in [-0.1, -0.05) is 0 Å². The lowest BCUT2D eigenvalue weighted by Crippen LogP contribution is -2.19. The third-order valence-electron chi connectivity index (χ3n) is 2.59. The molecular weight excluding hydrogens is 184 g/mol. The fraction of sp³-hybridized carbons (Fsp3) is 0.333. The molecule has 1 aliphatic heterocycles. The van der Waals surface area contributed by atoms with E-state index in [1.165, 1.54) is 0 Å². The highest BCUT2D eigenvalue weighted by Crippen LogP contribution is 2.15. The molecule has 0 spiro atoms. The number of aromatic nitrogens is 2. The first-order valence-corrected chi connectivity index (χ1v) is 4.51. The molecule has 1 aliphatic rings. The van der Waals surface area contributed by atoms with Crippen molar-refractivity contribution < 1.29 is 4.42 Å². The van der Waals surface area contributed by atoms with Gasteiger partial charge in [-0.05, 0) is 12.8 Å². The molecule has 14 heavy (non-hydrogen) atoms. The highest BCUT2D eigenvalue weighted by Gasteiger charge is 2.16. The van der Waals surface area contributed by atoms with Gasteiger partial charge in [0.25, 0.3) is 5.56 Å². The molecule has 0 radical (unpaired) electrons. The van der Waals surface area contributed by atoms with Crippen molar-refractivity contribution in [1.82, 2.24) is 9.55 Å². The van der Waals surface area contributed by atoms with Gasteiger partial charge in [-0.15, -0.1) is 0 Å². The van der Waals surface area contributed by atoms with Gasteiger partial charge in [0.1, 0.15) is 0 Å². The van der Waals surface area contributed by atoms with E-state index in [2.05, 4.69) is 4.98 Å². The van der Waals surface area contributed by atoms with Crippen LogP contribution in [0.4, 0.5) is 0 Å². The monoisotopic (exact) mass is 192 g/mol. The molecule has 2 aromatic rings. The number of oxazole rings is 1. The van der Waals surface area contributed by atoms with Crippen LogP contribution in [0.25, 0.3) is 11.1 Å². The SMILES string of the molecule is O=c1[nH]c2c(=O)n3c(cc2o1)CCC3. The summed E-state index contributed by atoms with van der Waals surface area (Å²) in [7, 11) is 0. The molecule has 0 fully saturated rings. The average molecular weight is 192 g/mol. The minimum absolute atomic E-state index is 0.152. The smallest absolute Gasteiger partial charge is 0.408 e. The summed E-state index contributed by atoms with van der Waals surface area (Å²) in [5.74, 6) is -0.568. The number of pyridine rings is 1. The van der Waals surface area contributed by atoms with Gasteiger partial charge < -0.3 is 8.98 Å². The number of H-pyrrole nitrogens is 1. The fourth-order valence-electron chi connectivity index (χ4n) is 1.97. The Hall–Kier alpha value is -1.78. The van der Waals surface area contributed by atoms with Gasteiger partial charge >= 0.3 is 5.76 Å². The molecule has 1 N–H and O–H groups in total. The van der Waals surface area contributed by atoms with Gasteiger partial charge in [0.15, 0.2) is 11.1 Å². The number of aryl methyl sites for hydroxylation is 1. The van der Waals surface area contributed by atoms with Crippen LogP contribution in [0.5, 0.6) is 0 Å². The Balaban J connectivity index is 2.55. The number of hydrogen-bond acceptors (Lipinski definition) is 3. The molecule has 0 amide bonds. The maximum atomic E-state index is 11.8. The van der Waals surface area contributed by atoms with E-state index in [0.29, 0.717) is 5.58 Å². The molecule has 72 valence electrons. The maximum absolute atomic E-state index is 11.8. The molecule has 0 aromatic carbocycles. The van der Waals surface area contributed by atoms with Crippen LogP contribution in [0.2, 0.25) is 0 Å². The van der Waals surface area contributed by atoms with Crippen LogP contribution < -0.4 is 11.3 Å². The van der Waals surface area contributed by atoms with E-state index < -0.39 is 5.76 Å². The normalized spacial score (nSPS) is 14.9. The van der Waals surface area contributed by atoms with Gasteiger partial charge in [-0.25, -0.2) is 4.79 Å². The van der Waals surface area contributed by atoms with Crippen molar-refractivity contribution in [2.45, 2.75) is 19.4 Å². The molecule has 2 aromatic heterocycles. The molecule has 0 unspecified atom stereocenters. The minimum Gasteiger partial charge on any atom is -0.408 e. The van der Waals surface area contributed by atoms with Crippen molar-refractivity contribution in [3.8, 4) is 0 Å². The first kappa shape index (κ1) is 7.61. The van der Waals surface area contributed by atoms with Gasteiger partial charge in [0, 0.05) is 18.3 Å². The predicted molar refractivity (Wildman–Crippen MR) is 49.4 cm³/mol. The van der Waals surface area contributed by atoms with Crippen LogP contribution in [-0.2, 0) is 13.0 Å². The second kappa shape index (κ2) is 2.37. The van der Waals surface area contributed by atoms with E-state index in [1.54, 1.807) is 10.6 Å². The minimum atomic E-state index is -0.568. The molecular formula is C9H8N2O3. The van der Waals surface area contributed by atoms with Crippen molar-refractivity contribution in [2.24, 2.45) is 0 Å². The average Bonchev–Trinajstić information content (AvgIpc) is 2.71. The van der Waals surface area contributed by atoms with Crippen molar-refractivity contribution in [1.29, 1.82) is 0 Å². The first-order chi connectivity index (χ1) is 6.75. The molecule has 0 bridgehead atoms. The van der Waals surface area contributed by atoms with E-state index in [4.69, 9.17) is 4.42 Å². The van der Waals surface area contributed by atoms with Crippen LogP contribution in [0.3, 0.4) is 0 Å². The summed E-state index contributed by atoms with van der Waals surface area (Å²) < 4.78 is 6.54. The van der Waals surface area contributed by atoms with E-state index in [-0.39, 0.29) is 11.1 Å². The number of nitrogens with one attached hydrogen (secondary N) is 1. The summed E-state index contributed by atoms with van der Waals surface area (Å²) in [6, 6.07) is 1.77. The van der Waals surface area contributed by atoms with E-state index in [1.807, 2.05) is 0 Å². The second-order valence-electron chi connectivity index (χ2n) is 3.45. The number of fused-ring (bicyclic) bond motifs is 2. The third-order valence-corrected chi connectivity index (χ3v) is 2.59. The third kappa shape index (κ3) is 0.837. The fourth-order valence-corrected chi connectivity index (χ4v) is 1.97. The predicted octanol–water partition coefficient (Wildman–Crippen LogP) is 0.229. The summed E-state index contributed by atoms with van der Waals surface area (Å²) >= 11 is 0. The number of aromatic amines is 1. The first-order valence-electron chi connectivity index (χ1n) is 4.51. The summed E-state index contributed by atoms with van der Waals surface area (Å²) in [6.45, 7) is 0.733. The quantitative estimate of drug-likeness (QED) is 0.649. The van der Waals surface area contributed by atoms with Crippen molar-refractivity contribution >= 4 is 11.1 Å². The highest BCUT2D eigenvalue weighted by atomic mass is 16.4. The molecule has 3 rings (SSSR count). The van der Waals surface area contributed by atoms with Gasteiger partial charge in [0.2, 0.25) is 0 Å². The summed E-state index contributed by atoms with van der Waals surface area (Å²) in [6.07, 6.45) is 1.85. The van der Waals surface area contributed by atoms with Crippen LogP contribution in [0, 0.1) is 0 Å². The molecule has 0 atom stereocenters. The standard InChI is InChI=1S/C9H8N2O3/c12-8-7-6(14-9(13)10-7)4-5-2-1-3-11(5)8/h4H,1-3H2,(H,10,13). The van der Waals surface area contributed by atoms with Crippen LogP contribution >= 0.6 is 0 Å². The van der Waals surface area contributed by atoms with Gasteiger partial charge in [-0.3, -0.25) is 9.78 Å². The molecule has 3 heterocycles. The Bertz CT molecular complexity index is 617. The number of nitrogens with zero attached hydrogens (tertiary/aromatic N) is 1. The lowest BCUT2D eigenvalue weighted by atomic mass is 10.3. The van der Waals surface area contributed by atoms with Gasteiger partial charge in [-0.2, -0.15) is 0 Å². The van der Waals surface area contributed by atoms with Crippen LogP contribution in [0.1, 0.15) is 12.1 Å². The van der Waals surface area contributed by atoms with E-state index >= 15 is 0 Å². The molecule has 0 aliphatic carbocycles. The highest BCUT2D eigenvalue weighted by molar-refractivity contribution is 5.71. The van der Waals surface area contributed by atoms with Crippen LogP contribution in [-0.4, -0.2) is 9.55 Å². The molecule has 5 heteroatoms. The Labute approximate surface area is 78.0 Å². The van der Waals surface area contributed by atoms with Gasteiger partial charge in [0.05, 0.1) is 0 Å². The Morgan fingerprint density at radius 3 is 3.14 bits per heavy atom. The number of rotatable bonds is 0. The second-order valence-corrected chi connectivity index (χ2v) is 3.45. The summed E-state index contributed by atoms with van der Waals surface area (Å²) in [4.78, 5) is 25.1. The summed E-state index contributed by atoms with van der Waals surface area (Å²) in [5, 5.41) is 0. The zero-order valence-electron chi connectivity index (χ0n) is 7.37. The molecule has 5 nitrogen and oxygen atoms in total. The van der Waals surface area contributed by atoms with E-state index in [9.17, 15) is 9.59 Å². The van der Waals surface area contributed by atoms with Crippen molar-refractivity contribution in [3.63, 3.8) is 0 Å². The van der Waals surface area contributed by atoms with E-state index in [0.717, 1.165) is 25.1 Å². The zero-order chi connectivity index (χ0) is 9.71. The van der Waals surface area contributed by atoms with Crippen LogP contribution in [0.15, 0.2) is 20.1 Å². The molecule has 0 saturated carbocycles. The topological polar surface area (TPSA) is 68.0 Å². The maximum Gasteiger partial charge on any atom is 0.417 e. The zero-order valence-corrected chi connectivity index (χ0v) is 7.37. The number of hydrogen-bond donors (Lipinski definition) is 1. The lowest BCUT2D eigenvalue weighted by Gasteiger charge is -2.00. The summed E-state index contributed by atoms with van der Waals surface area (Å²) in [5.41, 5.74) is 1.44. The Kier molecular flexibility index (Phi) is 1.29.